The standard InChI is InChI=1S/C20H18ClN3O/c1-14-12-16(21)6-7-18(14)24-20(25)17-4-2-3-5-19(17)23-13-15-8-10-22-11-9-15/h2-12,23H,13H2,1H3,(H,24,25). The van der Waals surface area contributed by atoms with Gasteiger partial charge in [0.1, 0.15) is 0 Å². The third-order valence-electron chi connectivity index (χ3n) is 3.84. The summed E-state index contributed by atoms with van der Waals surface area (Å²) in [6.07, 6.45) is 3.50. The Morgan fingerprint density at radius 2 is 1.80 bits per heavy atom. The lowest BCUT2D eigenvalue weighted by molar-refractivity contribution is 0.102. The number of carbonyl (C=O) groups excluding carboxylic acids is 1. The Kier molecular flexibility index (Phi) is 5.31. The minimum absolute atomic E-state index is 0.164. The average molecular weight is 352 g/mol. The molecular weight excluding hydrogens is 334 g/mol. The van der Waals surface area contributed by atoms with E-state index in [1.165, 1.54) is 0 Å². The van der Waals surface area contributed by atoms with Crippen molar-refractivity contribution in [2.75, 3.05) is 10.6 Å². The van der Waals surface area contributed by atoms with Crippen molar-refractivity contribution in [2.24, 2.45) is 0 Å². The fourth-order valence-electron chi connectivity index (χ4n) is 2.49. The molecule has 0 unspecified atom stereocenters. The summed E-state index contributed by atoms with van der Waals surface area (Å²) in [6.45, 7) is 2.53. The molecule has 0 bridgehead atoms. The number of amides is 1. The van der Waals surface area contributed by atoms with E-state index in [-0.39, 0.29) is 5.91 Å². The minimum Gasteiger partial charge on any atom is -0.380 e. The first kappa shape index (κ1) is 17.0. The van der Waals surface area contributed by atoms with Gasteiger partial charge in [-0.15, -0.1) is 0 Å². The number of carbonyl (C=O) groups is 1. The Bertz CT molecular complexity index is 881. The largest absolute Gasteiger partial charge is 0.380 e. The molecule has 1 heterocycles. The van der Waals surface area contributed by atoms with Crippen LogP contribution < -0.4 is 10.6 Å². The molecule has 0 saturated heterocycles. The molecule has 1 amide bonds. The highest BCUT2D eigenvalue weighted by atomic mass is 35.5. The predicted molar refractivity (Wildman–Crippen MR) is 102 cm³/mol. The Balaban J connectivity index is 1.76. The molecular formula is C20H18ClN3O. The second-order valence-electron chi connectivity index (χ2n) is 5.67. The molecule has 0 saturated carbocycles. The lowest BCUT2D eigenvalue weighted by Crippen LogP contribution is -2.15. The fourth-order valence-corrected chi connectivity index (χ4v) is 2.72. The molecule has 2 aromatic carbocycles. The maximum absolute atomic E-state index is 12.7. The van der Waals surface area contributed by atoms with Gasteiger partial charge in [0.05, 0.1) is 5.56 Å². The Morgan fingerprint density at radius 1 is 1.04 bits per heavy atom. The van der Waals surface area contributed by atoms with Crippen LogP contribution in [0, 0.1) is 6.92 Å². The van der Waals surface area contributed by atoms with Crippen molar-refractivity contribution in [3.05, 3.63) is 88.7 Å². The SMILES string of the molecule is Cc1cc(Cl)ccc1NC(=O)c1ccccc1NCc1ccncc1. The molecule has 1 aromatic heterocycles. The molecule has 2 N–H and O–H groups in total. The van der Waals surface area contributed by atoms with Crippen molar-refractivity contribution < 1.29 is 4.79 Å². The van der Waals surface area contributed by atoms with Crippen LogP contribution in [0.15, 0.2) is 67.0 Å². The summed E-state index contributed by atoms with van der Waals surface area (Å²) in [5.74, 6) is -0.164. The third kappa shape index (κ3) is 4.37. The molecule has 0 fully saturated rings. The number of aryl methyl sites for hydroxylation is 1. The molecule has 0 aliphatic heterocycles. The van der Waals surface area contributed by atoms with E-state index >= 15 is 0 Å². The Hall–Kier alpha value is -2.85. The third-order valence-corrected chi connectivity index (χ3v) is 4.08. The van der Waals surface area contributed by atoms with Crippen molar-refractivity contribution in [1.29, 1.82) is 0 Å². The summed E-state index contributed by atoms with van der Waals surface area (Å²) in [7, 11) is 0. The molecule has 126 valence electrons. The Morgan fingerprint density at radius 3 is 2.56 bits per heavy atom. The van der Waals surface area contributed by atoms with E-state index in [1.807, 2.05) is 49.4 Å². The summed E-state index contributed by atoms with van der Waals surface area (Å²) < 4.78 is 0. The number of pyridine rings is 1. The van der Waals surface area contributed by atoms with Gasteiger partial charge in [0.2, 0.25) is 0 Å². The van der Waals surface area contributed by atoms with E-state index in [4.69, 9.17) is 11.6 Å². The number of aromatic nitrogens is 1. The van der Waals surface area contributed by atoms with E-state index in [0.29, 0.717) is 17.1 Å². The highest BCUT2D eigenvalue weighted by Crippen LogP contribution is 2.22. The lowest BCUT2D eigenvalue weighted by atomic mass is 10.1. The number of hydrogen-bond donors (Lipinski definition) is 2. The van der Waals surface area contributed by atoms with Gasteiger partial charge in [-0.05, 0) is 60.5 Å². The highest BCUT2D eigenvalue weighted by molar-refractivity contribution is 6.30. The lowest BCUT2D eigenvalue weighted by Gasteiger charge is -2.13. The molecule has 5 heteroatoms. The number of para-hydroxylation sites is 1. The van der Waals surface area contributed by atoms with Crippen LogP contribution >= 0.6 is 11.6 Å². The zero-order valence-electron chi connectivity index (χ0n) is 13.8. The number of hydrogen-bond acceptors (Lipinski definition) is 3. The van der Waals surface area contributed by atoms with Gasteiger partial charge < -0.3 is 10.6 Å². The van der Waals surface area contributed by atoms with Gasteiger partial charge in [-0.1, -0.05) is 23.7 Å². The first-order chi connectivity index (χ1) is 12.1. The second kappa shape index (κ2) is 7.81. The number of benzene rings is 2. The molecule has 0 atom stereocenters. The van der Waals surface area contributed by atoms with E-state index in [9.17, 15) is 4.79 Å². The van der Waals surface area contributed by atoms with Gasteiger partial charge >= 0.3 is 0 Å². The molecule has 0 aliphatic carbocycles. The Labute approximate surface area is 151 Å². The van der Waals surface area contributed by atoms with Gasteiger partial charge in [0, 0.05) is 35.3 Å². The van der Waals surface area contributed by atoms with Crippen LogP contribution in [-0.2, 0) is 6.54 Å². The van der Waals surface area contributed by atoms with Crippen molar-refractivity contribution in [3.8, 4) is 0 Å². The first-order valence-corrected chi connectivity index (χ1v) is 8.30. The number of nitrogens with zero attached hydrogens (tertiary/aromatic N) is 1. The van der Waals surface area contributed by atoms with E-state index < -0.39 is 0 Å². The summed E-state index contributed by atoms with van der Waals surface area (Å²) >= 11 is 5.97. The molecule has 0 spiro atoms. The molecule has 3 rings (SSSR count). The van der Waals surface area contributed by atoms with Crippen LogP contribution in [0.5, 0.6) is 0 Å². The summed E-state index contributed by atoms with van der Waals surface area (Å²) in [5, 5.41) is 6.90. The smallest absolute Gasteiger partial charge is 0.257 e. The van der Waals surface area contributed by atoms with Crippen LogP contribution in [-0.4, -0.2) is 10.9 Å². The average Bonchev–Trinajstić information content (AvgIpc) is 2.63. The maximum Gasteiger partial charge on any atom is 0.257 e. The maximum atomic E-state index is 12.7. The zero-order valence-corrected chi connectivity index (χ0v) is 14.5. The zero-order chi connectivity index (χ0) is 17.6. The van der Waals surface area contributed by atoms with Gasteiger partial charge in [-0.25, -0.2) is 0 Å². The van der Waals surface area contributed by atoms with E-state index in [0.717, 1.165) is 22.5 Å². The van der Waals surface area contributed by atoms with Crippen LogP contribution in [0.1, 0.15) is 21.5 Å². The van der Waals surface area contributed by atoms with Crippen molar-refractivity contribution in [3.63, 3.8) is 0 Å². The van der Waals surface area contributed by atoms with Crippen LogP contribution in [0.4, 0.5) is 11.4 Å². The highest BCUT2D eigenvalue weighted by Gasteiger charge is 2.12. The number of halogens is 1. The number of nitrogens with one attached hydrogen (secondary N) is 2. The van der Waals surface area contributed by atoms with Crippen molar-refractivity contribution in [1.82, 2.24) is 4.98 Å². The number of rotatable bonds is 5. The number of anilines is 2. The van der Waals surface area contributed by atoms with Crippen molar-refractivity contribution >= 4 is 28.9 Å². The summed E-state index contributed by atoms with van der Waals surface area (Å²) in [6, 6.07) is 16.7. The van der Waals surface area contributed by atoms with Crippen LogP contribution in [0.25, 0.3) is 0 Å². The molecule has 0 radical (unpaired) electrons. The van der Waals surface area contributed by atoms with Crippen molar-refractivity contribution in [2.45, 2.75) is 13.5 Å². The quantitative estimate of drug-likeness (QED) is 0.686. The minimum atomic E-state index is -0.164. The molecule has 4 nitrogen and oxygen atoms in total. The summed E-state index contributed by atoms with van der Waals surface area (Å²) in [5.41, 5.74) is 4.13. The molecule has 25 heavy (non-hydrogen) atoms. The normalized spacial score (nSPS) is 10.3. The predicted octanol–water partition coefficient (Wildman–Crippen LogP) is 4.91. The van der Waals surface area contributed by atoms with Crippen LogP contribution in [0.3, 0.4) is 0 Å². The topological polar surface area (TPSA) is 54.0 Å². The van der Waals surface area contributed by atoms with Gasteiger partial charge in [0.25, 0.3) is 5.91 Å². The van der Waals surface area contributed by atoms with Gasteiger partial charge in [-0.3, -0.25) is 9.78 Å². The van der Waals surface area contributed by atoms with E-state index in [1.54, 1.807) is 24.5 Å². The second-order valence-corrected chi connectivity index (χ2v) is 6.10. The van der Waals surface area contributed by atoms with Gasteiger partial charge in [-0.2, -0.15) is 0 Å². The van der Waals surface area contributed by atoms with E-state index in [2.05, 4.69) is 15.6 Å². The summed E-state index contributed by atoms with van der Waals surface area (Å²) in [4.78, 5) is 16.7. The first-order valence-electron chi connectivity index (χ1n) is 7.93. The van der Waals surface area contributed by atoms with Crippen LogP contribution in [0.2, 0.25) is 5.02 Å². The molecule has 3 aromatic rings. The molecule has 0 aliphatic rings. The fraction of sp³-hybridized carbons (Fsp3) is 0.100. The van der Waals surface area contributed by atoms with Gasteiger partial charge in [0.15, 0.2) is 0 Å². The monoisotopic (exact) mass is 351 g/mol.